The molecular weight excluding hydrogens is 244 g/mol. The molecule has 0 aromatic rings. The van der Waals surface area contributed by atoms with E-state index in [-0.39, 0.29) is 6.10 Å². The number of hydrogen-bond acceptors (Lipinski definition) is 5. The lowest BCUT2D eigenvalue weighted by atomic mass is 9.90. The van der Waals surface area contributed by atoms with E-state index >= 15 is 0 Å². The van der Waals surface area contributed by atoms with E-state index in [2.05, 4.69) is 11.8 Å². The summed E-state index contributed by atoms with van der Waals surface area (Å²) < 4.78 is 10.5. The van der Waals surface area contributed by atoms with Crippen molar-refractivity contribution in [3.63, 3.8) is 0 Å². The number of rotatable bonds is 8. The van der Waals surface area contributed by atoms with Crippen LogP contribution >= 0.6 is 0 Å². The van der Waals surface area contributed by atoms with E-state index in [1.54, 1.807) is 7.11 Å². The third-order valence-electron chi connectivity index (χ3n) is 3.89. The molecule has 1 fully saturated rings. The number of aliphatic hydroxyl groups excluding tert-OH is 1. The van der Waals surface area contributed by atoms with Crippen molar-refractivity contribution in [1.29, 1.82) is 0 Å². The van der Waals surface area contributed by atoms with Gasteiger partial charge in [-0.3, -0.25) is 4.90 Å². The van der Waals surface area contributed by atoms with Gasteiger partial charge in [0.1, 0.15) is 0 Å². The van der Waals surface area contributed by atoms with E-state index in [0.29, 0.717) is 38.3 Å². The lowest BCUT2D eigenvalue weighted by Gasteiger charge is -2.40. The average molecular weight is 274 g/mol. The molecule has 0 amide bonds. The van der Waals surface area contributed by atoms with Gasteiger partial charge in [-0.15, -0.1) is 0 Å². The minimum Gasteiger partial charge on any atom is -0.389 e. The predicted octanol–water partition coefficient (Wildman–Crippen LogP) is 0.458. The van der Waals surface area contributed by atoms with Crippen molar-refractivity contribution in [1.82, 2.24) is 4.90 Å². The van der Waals surface area contributed by atoms with Gasteiger partial charge < -0.3 is 20.3 Å². The van der Waals surface area contributed by atoms with Crippen molar-refractivity contribution in [2.75, 3.05) is 40.0 Å². The molecule has 4 unspecified atom stereocenters. The largest absolute Gasteiger partial charge is 0.389 e. The number of nitrogens with two attached hydrogens (primary N) is 1. The maximum Gasteiger partial charge on any atom is 0.0900 e. The van der Waals surface area contributed by atoms with Gasteiger partial charge in [0.05, 0.1) is 25.4 Å². The summed E-state index contributed by atoms with van der Waals surface area (Å²) in [6.45, 7) is 7.43. The first kappa shape index (κ1) is 16.9. The smallest absolute Gasteiger partial charge is 0.0900 e. The maximum atomic E-state index is 10.1. The number of methoxy groups -OCH3 is 1. The van der Waals surface area contributed by atoms with E-state index in [1.165, 1.54) is 12.8 Å². The molecule has 0 aromatic carbocycles. The standard InChI is InChI=1S/C14H30N2O3/c1-11-5-4-6-16(14(11)7-15)8-13(17)10-19-12(2)9-18-3/h11-14,17H,4-10,15H2,1-3H3. The number of aliphatic hydroxyl groups is 1. The second kappa shape index (κ2) is 8.87. The second-order valence-corrected chi connectivity index (χ2v) is 5.67. The van der Waals surface area contributed by atoms with Crippen LogP contribution in [0.25, 0.3) is 0 Å². The van der Waals surface area contributed by atoms with Gasteiger partial charge in [0.15, 0.2) is 0 Å². The molecule has 1 saturated heterocycles. The Kier molecular flexibility index (Phi) is 7.87. The molecule has 1 rings (SSSR count). The van der Waals surface area contributed by atoms with Crippen LogP contribution in [0.5, 0.6) is 0 Å². The van der Waals surface area contributed by atoms with E-state index in [1.807, 2.05) is 6.92 Å². The van der Waals surface area contributed by atoms with Crippen molar-refractivity contribution in [2.24, 2.45) is 11.7 Å². The zero-order valence-corrected chi connectivity index (χ0v) is 12.5. The average Bonchev–Trinajstić information content (AvgIpc) is 2.37. The van der Waals surface area contributed by atoms with Crippen molar-refractivity contribution >= 4 is 0 Å². The molecule has 1 aliphatic heterocycles. The SMILES string of the molecule is COCC(C)OCC(O)CN1CCCC(C)C1CN. The number of ether oxygens (including phenoxy) is 2. The normalized spacial score (nSPS) is 28.3. The van der Waals surface area contributed by atoms with Crippen LogP contribution in [-0.4, -0.2) is 68.2 Å². The van der Waals surface area contributed by atoms with Gasteiger partial charge in [-0.2, -0.15) is 0 Å². The summed E-state index contributed by atoms with van der Waals surface area (Å²) in [5.41, 5.74) is 5.85. The Morgan fingerprint density at radius 2 is 2.16 bits per heavy atom. The summed E-state index contributed by atoms with van der Waals surface area (Å²) in [5.74, 6) is 0.610. The van der Waals surface area contributed by atoms with Gasteiger partial charge in [0, 0.05) is 26.2 Å². The third-order valence-corrected chi connectivity index (χ3v) is 3.89. The Labute approximate surface area is 117 Å². The van der Waals surface area contributed by atoms with Gasteiger partial charge in [0.25, 0.3) is 0 Å². The highest BCUT2D eigenvalue weighted by Gasteiger charge is 2.28. The minimum atomic E-state index is -0.460. The van der Waals surface area contributed by atoms with Crippen LogP contribution in [0.15, 0.2) is 0 Å². The summed E-state index contributed by atoms with van der Waals surface area (Å²) in [5, 5.41) is 10.1. The van der Waals surface area contributed by atoms with E-state index in [0.717, 1.165) is 6.54 Å². The van der Waals surface area contributed by atoms with Gasteiger partial charge in [0.2, 0.25) is 0 Å². The number of likely N-dealkylation sites (tertiary alicyclic amines) is 1. The van der Waals surface area contributed by atoms with Crippen LogP contribution in [0.2, 0.25) is 0 Å². The molecule has 1 aliphatic rings. The van der Waals surface area contributed by atoms with E-state index in [9.17, 15) is 5.11 Å². The Morgan fingerprint density at radius 3 is 2.79 bits per heavy atom. The summed E-state index contributed by atoms with van der Waals surface area (Å²) >= 11 is 0. The van der Waals surface area contributed by atoms with Gasteiger partial charge in [-0.05, 0) is 32.2 Å². The summed E-state index contributed by atoms with van der Waals surface area (Å²) in [7, 11) is 1.65. The molecule has 0 radical (unpaired) electrons. The number of β-amino-alcohol motifs (C(OH)–C–C–N with tert-alkyl or cyclic N) is 1. The minimum absolute atomic E-state index is 0.0187. The molecule has 5 heteroatoms. The van der Waals surface area contributed by atoms with Crippen LogP contribution in [0.3, 0.4) is 0 Å². The van der Waals surface area contributed by atoms with Crippen molar-refractivity contribution in [3.05, 3.63) is 0 Å². The summed E-state index contributed by atoms with van der Waals surface area (Å²) in [6, 6.07) is 0.389. The number of nitrogens with zero attached hydrogens (tertiary/aromatic N) is 1. The highest BCUT2D eigenvalue weighted by molar-refractivity contribution is 4.84. The molecule has 0 bridgehead atoms. The van der Waals surface area contributed by atoms with Crippen molar-refractivity contribution in [3.8, 4) is 0 Å². The van der Waals surface area contributed by atoms with Crippen LogP contribution in [0, 0.1) is 5.92 Å². The van der Waals surface area contributed by atoms with E-state index < -0.39 is 6.10 Å². The van der Waals surface area contributed by atoms with E-state index in [4.69, 9.17) is 15.2 Å². The van der Waals surface area contributed by atoms with Gasteiger partial charge in [-0.25, -0.2) is 0 Å². The molecule has 0 aliphatic carbocycles. The number of piperidine rings is 1. The quantitative estimate of drug-likeness (QED) is 0.673. The van der Waals surface area contributed by atoms with Crippen molar-refractivity contribution in [2.45, 2.75) is 44.9 Å². The molecule has 0 spiro atoms. The second-order valence-electron chi connectivity index (χ2n) is 5.67. The fraction of sp³-hybridized carbons (Fsp3) is 1.00. The van der Waals surface area contributed by atoms with Gasteiger partial charge in [-0.1, -0.05) is 6.92 Å². The van der Waals surface area contributed by atoms with Crippen molar-refractivity contribution < 1.29 is 14.6 Å². The summed E-state index contributed by atoms with van der Waals surface area (Å²) in [4.78, 5) is 2.31. The molecule has 0 aromatic heterocycles. The molecule has 114 valence electrons. The molecule has 0 saturated carbocycles. The zero-order chi connectivity index (χ0) is 14.3. The number of hydrogen-bond donors (Lipinski definition) is 2. The first-order valence-electron chi connectivity index (χ1n) is 7.31. The zero-order valence-electron chi connectivity index (χ0n) is 12.5. The Hall–Kier alpha value is -0.200. The molecule has 4 atom stereocenters. The first-order valence-corrected chi connectivity index (χ1v) is 7.31. The Balaban J connectivity index is 2.31. The van der Waals surface area contributed by atoms with Crippen LogP contribution in [0.1, 0.15) is 26.7 Å². The highest BCUT2D eigenvalue weighted by atomic mass is 16.5. The topological polar surface area (TPSA) is 68.0 Å². The van der Waals surface area contributed by atoms with Crippen LogP contribution in [-0.2, 0) is 9.47 Å². The first-order chi connectivity index (χ1) is 9.08. The third kappa shape index (κ3) is 5.75. The predicted molar refractivity (Wildman–Crippen MR) is 76.1 cm³/mol. The summed E-state index contributed by atoms with van der Waals surface area (Å²) in [6.07, 6.45) is 1.98. The highest BCUT2D eigenvalue weighted by Crippen LogP contribution is 2.22. The fourth-order valence-electron chi connectivity index (χ4n) is 2.82. The Morgan fingerprint density at radius 1 is 1.42 bits per heavy atom. The lowest BCUT2D eigenvalue weighted by molar-refractivity contribution is -0.0475. The molecular formula is C14H30N2O3. The molecule has 1 heterocycles. The molecule has 5 nitrogen and oxygen atoms in total. The fourth-order valence-corrected chi connectivity index (χ4v) is 2.82. The van der Waals surface area contributed by atoms with Crippen LogP contribution < -0.4 is 5.73 Å². The van der Waals surface area contributed by atoms with Crippen LogP contribution in [0.4, 0.5) is 0 Å². The maximum absolute atomic E-state index is 10.1. The van der Waals surface area contributed by atoms with Gasteiger partial charge >= 0.3 is 0 Å². The lowest BCUT2D eigenvalue weighted by Crippen LogP contribution is -2.51. The Bertz CT molecular complexity index is 241. The molecule has 3 N–H and O–H groups in total. The molecule has 19 heavy (non-hydrogen) atoms. The monoisotopic (exact) mass is 274 g/mol.